The summed E-state index contributed by atoms with van der Waals surface area (Å²) >= 11 is 0. The number of ether oxygens (including phenoxy) is 8. The van der Waals surface area contributed by atoms with Crippen molar-refractivity contribution in [2.45, 2.75) is 88.6 Å². The van der Waals surface area contributed by atoms with Crippen LogP contribution in [0, 0.1) is 10.8 Å². The lowest BCUT2D eigenvalue weighted by atomic mass is 9.69. The zero-order valence-corrected chi connectivity index (χ0v) is 23.8. The standard InChI is InChI=1S/C29H40O13/c30-23(39-15-19-11-35-19)1-5-28(6-2-24(31)40-16-20-12-36-20)9-10-29(27(28)34,7-3-25(32)41-17-21-13-37-21)8-4-26(33)42-18-22-14-38-22/h19-22H,1-18H2. The predicted octanol–water partition coefficient (Wildman–Crippen LogP) is 1.21. The number of carbonyl (C=O) groups excluding carboxylic acids is 5. The van der Waals surface area contributed by atoms with Crippen LogP contribution in [0.5, 0.6) is 0 Å². The fraction of sp³-hybridized carbons (Fsp3) is 0.828. The third kappa shape index (κ3) is 9.45. The molecule has 4 atom stereocenters. The summed E-state index contributed by atoms with van der Waals surface area (Å²) in [5, 5.41) is 0. The van der Waals surface area contributed by atoms with Gasteiger partial charge in [-0.05, 0) is 38.5 Å². The van der Waals surface area contributed by atoms with Crippen LogP contribution in [-0.4, -0.2) is 107 Å². The fourth-order valence-electron chi connectivity index (χ4n) is 5.53. The van der Waals surface area contributed by atoms with Gasteiger partial charge in [0.05, 0.1) is 26.4 Å². The number of hydrogen-bond donors (Lipinski definition) is 0. The van der Waals surface area contributed by atoms with Gasteiger partial charge in [0, 0.05) is 36.5 Å². The van der Waals surface area contributed by atoms with E-state index in [4.69, 9.17) is 37.9 Å². The van der Waals surface area contributed by atoms with E-state index in [2.05, 4.69) is 0 Å². The van der Waals surface area contributed by atoms with Crippen LogP contribution < -0.4 is 0 Å². The van der Waals surface area contributed by atoms with Gasteiger partial charge in [0.25, 0.3) is 0 Å². The van der Waals surface area contributed by atoms with E-state index in [-0.39, 0.29) is 108 Å². The van der Waals surface area contributed by atoms with Gasteiger partial charge in [-0.3, -0.25) is 24.0 Å². The summed E-state index contributed by atoms with van der Waals surface area (Å²) < 4.78 is 41.5. The first-order chi connectivity index (χ1) is 20.3. The molecule has 1 aliphatic carbocycles. The van der Waals surface area contributed by atoms with Gasteiger partial charge < -0.3 is 37.9 Å². The molecule has 5 rings (SSSR count). The molecule has 0 radical (unpaired) electrons. The number of esters is 4. The van der Waals surface area contributed by atoms with Crippen molar-refractivity contribution in [1.82, 2.24) is 0 Å². The van der Waals surface area contributed by atoms with Gasteiger partial charge in [-0.1, -0.05) is 0 Å². The number of ketones is 1. The lowest BCUT2D eigenvalue weighted by molar-refractivity contribution is -0.146. The molecule has 4 unspecified atom stereocenters. The Morgan fingerprint density at radius 1 is 0.524 bits per heavy atom. The van der Waals surface area contributed by atoms with Crippen LogP contribution in [0.3, 0.4) is 0 Å². The summed E-state index contributed by atoms with van der Waals surface area (Å²) in [7, 11) is 0. The molecule has 4 heterocycles. The largest absolute Gasteiger partial charge is 0.463 e. The van der Waals surface area contributed by atoms with Gasteiger partial charge in [-0.2, -0.15) is 0 Å². The molecular formula is C29H40O13. The van der Waals surface area contributed by atoms with Gasteiger partial charge in [0.2, 0.25) is 0 Å². The maximum atomic E-state index is 14.4. The number of carbonyl (C=O) groups is 5. The quantitative estimate of drug-likeness (QED) is 0.112. The second-order valence-electron chi connectivity index (χ2n) is 11.9. The van der Waals surface area contributed by atoms with Crippen molar-refractivity contribution < 1.29 is 61.9 Å². The fourth-order valence-corrected chi connectivity index (χ4v) is 5.53. The van der Waals surface area contributed by atoms with Crippen molar-refractivity contribution in [2.75, 3.05) is 52.9 Å². The summed E-state index contributed by atoms with van der Waals surface area (Å²) in [4.78, 5) is 64.5. The SMILES string of the molecule is O=C(CCC1(CCC(=O)OCC2CO2)CCC(CCC(=O)OCC2CO2)(CCC(=O)OCC2CO2)C1=O)OCC1CO1. The minimum absolute atomic E-state index is 0.00758. The van der Waals surface area contributed by atoms with Gasteiger partial charge in [0.1, 0.15) is 56.6 Å². The normalized spacial score (nSPS) is 32.1. The van der Waals surface area contributed by atoms with E-state index in [1.54, 1.807) is 0 Å². The molecule has 0 N–H and O–H groups in total. The summed E-state index contributed by atoms with van der Waals surface area (Å²) in [5.41, 5.74) is -2.02. The highest BCUT2D eigenvalue weighted by atomic mass is 16.6. The zero-order valence-electron chi connectivity index (χ0n) is 23.8. The van der Waals surface area contributed by atoms with Crippen molar-refractivity contribution >= 4 is 29.7 Å². The molecule has 0 aromatic rings. The zero-order chi connectivity index (χ0) is 29.6. The van der Waals surface area contributed by atoms with Crippen molar-refractivity contribution in [3.8, 4) is 0 Å². The van der Waals surface area contributed by atoms with Crippen molar-refractivity contribution in [3.05, 3.63) is 0 Å². The molecule has 0 aromatic heterocycles. The van der Waals surface area contributed by atoms with E-state index >= 15 is 0 Å². The molecule has 0 amide bonds. The molecule has 42 heavy (non-hydrogen) atoms. The lowest BCUT2D eigenvalue weighted by Gasteiger charge is -2.33. The molecule has 4 aliphatic heterocycles. The second-order valence-corrected chi connectivity index (χ2v) is 11.9. The van der Waals surface area contributed by atoms with Crippen LogP contribution in [0.25, 0.3) is 0 Å². The van der Waals surface area contributed by atoms with Crippen LogP contribution in [0.2, 0.25) is 0 Å². The van der Waals surface area contributed by atoms with Crippen LogP contribution in [0.15, 0.2) is 0 Å². The minimum atomic E-state index is -1.01. The predicted molar refractivity (Wildman–Crippen MR) is 139 cm³/mol. The maximum Gasteiger partial charge on any atom is 0.305 e. The molecule has 0 aromatic carbocycles. The average Bonchev–Trinajstić information content (AvgIpc) is 3.82. The Bertz CT molecular complexity index is 867. The van der Waals surface area contributed by atoms with Crippen molar-refractivity contribution in [2.24, 2.45) is 10.8 Å². The van der Waals surface area contributed by atoms with E-state index in [1.165, 1.54) is 0 Å². The first kappa shape index (κ1) is 30.8. The number of Topliss-reactive ketones (excluding diaryl/α,β-unsaturated/α-hetero) is 1. The van der Waals surface area contributed by atoms with E-state index in [1.807, 2.05) is 0 Å². The van der Waals surface area contributed by atoms with Crippen LogP contribution in [-0.2, 0) is 61.9 Å². The van der Waals surface area contributed by atoms with Crippen LogP contribution in [0.4, 0.5) is 0 Å². The molecule has 4 saturated heterocycles. The Morgan fingerprint density at radius 2 is 0.762 bits per heavy atom. The highest BCUT2D eigenvalue weighted by molar-refractivity contribution is 5.94. The summed E-state index contributed by atoms with van der Waals surface area (Å²) in [6.45, 7) is 2.89. The Labute approximate surface area is 244 Å². The van der Waals surface area contributed by atoms with Crippen molar-refractivity contribution in [1.29, 1.82) is 0 Å². The molecule has 0 bridgehead atoms. The Balaban J connectivity index is 1.24. The van der Waals surface area contributed by atoms with E-state index < -0.39 is 34.7 Å². The molecule has 13 nitrogen and oxygen atoms in total. The van der Waals surface area contributed by atoms with Crippen LogP contribution >= 0.6 is 0 Å². The number of hydrogen-bond acceptors (Lipinski definition) is 13. The molecule has 0 spiro atoms. The molecule has 234 valence electrons. The van der Waals surface area contributed by atoms with Gasteiger partial charge >= 0.3 is 23.9 Å². The monoisotopic (exact) mass is 596 g/mol. The van der Waals surface area contributed by atoms with E-state index in [9.17, 15) is 24.0 Å². The summed E-state index contributed by atoms with van der Waals surface area (Å²) in [6, 6.07) is 0. The molecule has 13 heteroatoms. The Hall–Kier alpha value is -2.61. The average molecular weight is 597 g/mol. The van der Waals surface area contributed by atoms with Crippen molar-refractivity contribution in [3.63, 3.8) is 0 Å². The lowest BCUT2D eigenvalue weighted by Crippen LogP contribution is -2.38. The van der Waals surface area contributed by atoms with Crippen LogP contribution in [0.1, 0.15) is 64.2 Å². The first-order valence-electron chi connectivity index (χ1n) is 14.9. The third-order valence-corrected chi connectivity index (χ3v) is 8.61. The highest BCUT2D eigenvalue weighted by Gasteiger charge is 2.56. The first-order valence-corrected chi connectivity index (χ1v) is 14.9. The Kier molecular flexibility index (Phi) is 10.1. The third-order valence-electron chi connectivity index (χ3n) is 8.61. The molecule has 5 aliphatic rings. The number of rotatable bonds is 20. The molecular weight excluding hydrogens is 556 g/mol. The van der Waals surface area contributed by atoms with Gasteiger partial charge in [-0.15, -0.1) is 0 Å². The topological polar surface area (TPSA) is 172 Å². The van der Waals surface area contributed by atoms with Gasteiger partial charge in [-0.25, -0.2) is 0 Å². The highest BCUT2D eigenvalue weighted by Crippen LogP contribution is 2.55. The number of epoxide rings is 4. The summed E-state index contributed by atoms with van der Waals surface area (Å²) in [6.07, 6.45) is 1.20. The smallest absolute Gasteiger partial charge is 0.305 e. The van der Waals surface area contributed by atoms with E-state index in [0.29, 0.717) is 39.3 Å². The summed E-state index contributed by atoms with van der Waals surface area (Å²) in [5.74, 6) is -1.93. The molecule has 5 fully saturated rings. The minimum Gasteiger partial charge on any atom is -0.463 e. The van der Waals surface area contributed by atoms with E-state index in [0.717, 1.165) is 0 Å². The Morgan fingerprint density at radius 3 is 0.976 bits per heavy atom. The second kappa shape index (κ2) is 13.8. The maximum absolute atomic E-state index is 14.4. The van der Waals surface area contributed by atoms with Gasteiger partial charge in [0.15, 0.2) is 0 Å². The molecule has 1 saturated carbocycles.